The quantitative estimate of drug-likeness (QED) is 0.642. The van der Waals surface area contributed by atoms with Crippen LogP contribution in [0.5, 0.6) is 0 Å². The molecule has 0 spiro atoms. The summed E-state index contributed by atoms with van der Waals surface area (Å²) in [4.78, 5) is 26.5. The Morgan fingerprint density at radius 3 is 2.38 bits per heavy atom. The number of nitrogens with zero attached hydrogens (tertiary/aromatic N) is 2. The fraction of sp³-hybridized carbons (Fsp3) is 0.130. The fourth-order valence-electron chi connectivity index (χ4n) is 3.52. The Hall–Kier alpha value is -3.72. The lowest BCUT2D eigenvalue weighted by molar-refractivity contribution is -0.115. The van der Waals surface area contributed by atoms with E-state index < -0.39 is 15.8 Å². The number of benzene rings is 3. The van der Waals surface area contributed by atoms with Crippen LogP contribution in [-0.2, 0) is 21.4 Å². The van der Waals surface area contributed by atoms with Crippen LogP contribution >= 0.6 is 0 Å². The highest BCUT2D eigenvalue weighted by atomic mass is 32.2. The van der Waals surface area contributed by atoms with E-state index in [1.165, 1.54) is 23.1 Å². The van der Waals surface area contributed by atoms with Crippen molar-refractivity contribution in [2.75, 3.05) is 27.3 Å². The third kappa shape index (κ3) is 4.33. The summed E-state index contributed by atoms with van der Waals surface area (Å²) >= 11 is 0. The van der Waals surface area contributed by atoms with Gasteiger partial charge >= 0.3 is 0 Å². The molecule has 3 aromatic rings. The number of rotatable bonds is 5. The number of hydrogen-bond donors (Lipinski definition) is 1. The van der Waals surface area contributed by atoms with E-state index in [4.69, 9.17) is 0 Å². The maximum atomic E-state index is 14.2. The van der Waals surface area contributed by atoms with Crippen molar-refractivity contribution in [2.24, 2.45) is 0 Å². The van der Waals surface area contributed by atoms with E-state index >= 15 is 0 Å². The van der Waals surface area contributed by atoms with Crippen LogP contribution in [0.3, 0.4) is 0 Å². The van der Waals surface area contributed by atoms with Crippen LogP contribution in [0.2, 0.25) is 0 Å². The number of anilines is 3. The molecule has 1 heterocycles. The average Bonchev–Trinajstić information content (AvgIpc) is 2.76. The minimum absolute atomic E-state index is 0.0499. The van der Waals surface area contributed by atoms with Crippen LogP contribution in [0.4, 0.5) is 21.5 Å². The van der Waals surface area contributed by atoms with Crippen molar-refractivity contribution in [3.8, 4) is 0 Å². The van der Waals surface area contributed by atoms with Gasteiger partial charge in [-0.25, -0.2) is 12.8 Å². The number of fused-ring (bicyclic) bond motifs is 1. The maximum Gasteiger partial charge on any atom is 0.258 e. The smallest absolute Gasteiger partial charge is 0.258 e. The first kappa shape index (κ1) is 21.5. The van der Waals surface area contributed by atoms with Gasteiger partial charge in [-0.05, 0) is 42.0 Å². The molecule has 0 atom stereocenters. The summed E-state index contributed by atoms with van der Waals surface area (Å²) in [6.07, 6.45) is 1.01. The molecule has 4 rings (SSSR count). The normalized spacial score (nSPS) is 13.3. The Kier molecular flexibility index (Phi) is 5.67. The molecule has 164 valence electrons. The number of halogens is 1. The molecule has 0 aromatic heterocycles. The summed E-state index contributed by atoms with van der Waals surface area (Å²) < 4.78 is 39.7. The number of para-hydroxylation sites is 3. The van der Waals surface area contributed by atoms with Gasteiger partial charge in [0.15, 0.2) is 0 Å². The molecule has 1 aliphatic heterocycles. The van der Waals surface area contributed by atoms with Gasteiger partial charge in [0, 0.05) is 5.56 Å². The lowest BCUT2D eigenvalue weighted by atomic mass is 10.1. The van der Waals surface area contributed by atoms with Crippen molar-refractivity contribution in [1.29, 1.82) is 0 Å². The minimum atomic E-state index is -3.75. The fourth-order valence-corrected chi connectivity index (χ4v) is 4.41. The van der Waals surface area contributed by atoms with Crippen LogP contribution in [-0.4, -0.2) is 33.0 Å². The number of nitrogens with one attached hydrogen (secondary N) is 1. The van der Waals surface area contributed by atoms with Gasteiger partial charge in [-0.15, -0.1) is 0 Å². The highest BCUT2D eigenvalue weighted by Crippen LogP contribution is 2.30. The highest BCUT2D eigenvalue weighted by Gasteiger charge is 2.27. The summed E-state index contributed by atoms with van der Waals surface area (Å²) in [5, 5.41) is 2.74. The summed E-state index contributed by atoms with van der Waals surface area (Å²) in [6, 6.07) is 19.0. The van der Waals surface area contributed by atoms with E-state index in [2.05, 4.69) is 5.32 Å². The maximum absolute atomic E-state index is 14.2. The monoisotopic (exact) mass is 453 g/mol. The van der Waals surface area contributed by atoms with Gasteiger partial charge in [-0.1, -0.05) is 36.4 Å². The molecule has 0 aliphatic carbocycles. The summed E-state index contributed by atoms with van der Waals surface area (Å²) in [7, 11) is -3.75. The predicted octanol–water partition coefficient (Wildman–Crippen LogP) is 3.39. The lowest BCUT2D eigenvalue weighted by Gasteiger charge is -2.29. The van der Waals surface area contributed by atoms with Crippen molar-refractivity contribution in [3.05, 3.63) is 89.7 Å². The van der Waals surface area contributed by atoms with Crippen molar-refractivity contribution in [3.63, 3.8) is 0 Å². The SMILES string of the molecule is CS(=O)(=O)N(Cc1ccc(C(=O)N2CC(=O)Nc3ccccc32)cc1)c1ccccc1F. The van der Waals surface area contributed by atoms with Crippen LogP contribution < -0.4 is 14.5 Å². The molecule has 0 unspecified atom stereocenters. The van der Waals surface area contributed by atoms with Crippen LogP contribution in [0.15, 0.2) is 72.8 Å². The number of hydrogen-bond acceptors (Lipinski definition) is 4. The average molecular weight is 453 g/mol. The van der Waals surface area contributed by atoms with Crippen molar-refractivity contribution >= 4 is 38.9 Å². The molecule has 0 saturated heterocycles. The second-order valence-electron chi connectivity index (χ2n) is 7.37. The predicted molar refractivity (Wildman–Crippen MR) is 121 cm³/mol. The molecule has 1 aliphatic rings. The number of carbonyl (C=O) groups is 2. The number of sulfonamides is 1. The molecule has 0 fully saturated rings. The van der Waals surface area contributed by atoms with E-state index in [0.29, 0.717) is 22.5 Å². The first-order valence-corrected chi connectivity index (χ1v) is 11.6. The molecule has 7 nitrogen and oxygen atoms in total. The summed E-state index contributed by atoms with van der Waals surface area (Å²) in [6.45, 7) is -0.198. The van der Waals surface area contributed by atoms with Gasteiger partial charge in [0.05, 0.1) is 29.9 Å². The number of carbonyl (C=O) groups excluding carboxylic acids is 2. The third-order valence-corrected chi connectivity index (χ3v) is 6.19. The van der Waals surface area contributed by atoms with Gasteiger partial charge < -0.3 is 5.32 Å². The topological polar surface area (TPSA) is 86.8 Å². The molecular formula is C23H20FN3O4S. The second kappa shape index (κ2) is 8.43. The Balaban J connectivity index is 1.59. The molecule has 0 saturated carbocycles. The van der Waals surface area contributed by atoms with Crippen molar-refractivity contribution < 1.29 is 22.4 Å². The Morgan fingerprint density at radius 2 is 1.69 bits per heavy atom. The van der Waals surface area contributed by atoms with Gasteiger partial charge in [0.1, 0.15) is 12.4 Å². The Morgan fingerprint density at radius 1 is 1.03 bits per heavy atom. The molecule has 9 heteroatoms. The van der Waals surface area contributed by atoms with Gasteiger partial charge in [-0.2, -0.15) is 0 Å². The molecular weight excluding hydrogens is 433 g/mol. The van der Waals surface area contributed by atoms with E-state index in [1.807, 2.05) is 0 Å². The zero-order valence-electron chi connectivity index (χ0n) is 17.2. The van der Waals surface area contributed by atoms with Gasteiger partial charge in [0.25, 0.3) is 5.91 Å². The summed E-state index contributed by atoms with van der Waals surface area (Å²) in [5.74, 6) is -1.29. The summed E-state index contributed by atoms with van der Waals surface area (Å²) in [5.41, 5.74) is 2.03. The van der Waals surface area contributed by atoms with E-state index in [0.717, 1.165) is 10.6 Å². The molecule has 3 aromatic carbocycles. The van der Waals surface area contributed by atoms with E-state index in [-0.39, 0.29) is 30.6 Å². The van der Waals surface area contributed by atoms with Crippen LogP contribution in [0.25, 0.3) is 0 Å². The number of amides is 2. The van der Waals surface area contributed by atoms with Crippen LogP contribution in [0.1, 0.15) is 15.9 Å². The van der Waals surface area contributed by atoms with E-state index in [9.17, 15) is 22.4 Å². The molecule has 32 heavy (non-hydrogen) atoms. The Bertz CT molecular complexity index is 1290. The van der Waals surface area contributed by atoms with Gasteiger partial charge in [-0.3, -0.25) is 18.8 Å². The zero-order valence-corrected chi connectivity index (χ0v) is 18.0. The second-order valence-corrected chi connectivity index (χ2v) is 9.28. The third-order valence-electron chi connectivity index (χ3n) is 5.06. The Labute approximate surface area is 185 Å². The lowest BCUT2D eigenvalue weighted by Crippen LogP contribution is -2.42. The first-order valence-electron chi connectivity index (χ1n) is 9.76. The van der Waals surface area contributed by atoms with Crippen LogP contribution in [0, 0.1) is 5.82 Å². The van der Waals surface area contributed by atoms with Gasteiger partial charge in [0.2, 0.25) is 15.9 Å². The largest absolute Gasteiger partial charge is 0.323 e. The molecule has 0 bridgehead atoms. The molecule has 1 N–H and O–H groups in total. The standard InChI is InChI=1S/C23H20FN3O4S/c1-32(30,31)27(20-8-4-2-6-18(20)24)14-16-10-12-17(13-11-16)23(29)26-15-22(28)25-19-7-3-5-9-21(19)26/h2-13H,14-15H2,1H3,(H,25,28). The molecule has 2 amide bonds. The zero-order chi connectivity index (χ0) is 22.9. The molecule has 0 radical (unpaired) electrons. The minimum Gasteiger partial charge on any atom is -0.323 e. The first-order chi connectivity index (χ1) is 15.2. The highest BCUT2D eigenvalue weighted by molar-refractivity contribution is 7.92. The van der Waals surface area contributed by atoms with Crippen molar-refractivity contribution in [1.82, 2.24) is 0 Å². The van der Waals surface area contributed by atoms with Crippen molar-refractivity contribution in [2.45, 2.75) is 6.54 Å². The van der Waals surface area contributed by atoms with E-state index in [1.54, 1.807) is 54.6 Å².